The van der Waals surface area contributed by atoms with Gasteiger partial charge < -0.3 is 5.11 Å². The molecule has 0 bridgehead atoms. The fraction of sp³-hybridized carbons (Fsp3) is 0.769. The van der Waals surface area contributed by atoms with E-state index in [1.54, 1.807) is 18.3 Å². The summed E-state index contributed by atoms with van der Waals surface area (Å²) in [5, 5.41) is 13.8. The average Bonchev–Trinajstić information content (AvgIpc) is 2.65. The van der Waals surface area contributed by atoms with Crippen molar-refractivity contribution in [2.75, 3.05) is 6.54 Å². The lowest BCUT2D eigenvalue weighted by Crippen LogP contribution is -2.42. The molecule has 2 atom stereocenters. The number of hydrogen-bond acceptors (Lipinski definition) is 4. The molecule has 1 aliphatic rings. The van der Waals surface area contributed by atoms with E-state index in [4.69, 9.17) is 0 Å². The van der Waals surface area contributed by atoms with Crippen LogP contribution in [0.25, 0.3) is 0 Å². The van der Waals surface area contributed by atoms with Gasteiger partial charge in [-0.15, -0.1) is 0 Å². The van der Waals surface area contributed by atoms with Crippen LogP contribution < -0.4 is 0 Å². The Morgan fingerprint density at radius 3 is 2.80 bits per heavy atom. The summed E-state index contributed by atoms with van der Waals surface area (Å²) in [6, 6.07) is 1.40. The quantitative estimate of drug-likeness (QED) is 0.904. The van der Waals surface area contributed by atoms with Crippen LogP contribution in [0, 0.1) is 0 Å². The van der Waals surface area contributed by atoms with Gasteiger partial charge >= 0.3 is 0 Å². The standard InChI is InChI=1S/C13H23N3O3S/c1-11(17)10-12-6-4-3-5-9-16(12)20(18,19)13-7-8-14-15(13)2/h7-8,11-12,17H,3-6,9-10H2,1-2H3. The van der Waals surface area contributed by atoms with Crippen molar-refractivity contribution in [1.29, 1.82) is 0 Å². The molecule has 2 rings (SSSR count). The van der Waals surface area contributed by atoms with Crippen LogP contribution in [0.4, 0.5) is 0 Å². The smallest absolute Gasteiger partial charge is 0.260 e. The molecule has 0 amide bonds. The molecule has 1 aromatic heterocycles. The molecule has 0 saturated carbocycles. The topological polar surface area (TPSA) is 75.4 Å². The predicted molar refractivity (Wildman–Crippen MR) is 75.7 cm³/mol. The predicted octanol–water partition coefficient (Wildman–Crippen LogP) is 1.12. The Bertz CT molecular complexity index is 539. The Kier molecular flexibility index (Phi) is 4.82. The zero-order chi connectivity index (χ0) is 14.8. The molecule has 1 N–H and O–H groups in total. The molecule has 7 heteroatoms. The molecule has 2 heterocycles. The third-order valence-corrected chi connectivity index (χ3v) is 5.81. The maximum Gasteiger partial charge on any atom is 0.260 e. The fourth-order valence-corrected chi connectivity index (χ4v) is 4.64. The Hall–Kier alpha value is -0.920. The van der Waals surface area contributed by atoms with Crippen LogP contribution in [0.3, 0.4) is 0 Å². The van der Waals surface area contributed by atoms with Gasteiger partial charge in [0.15, 0.2) is 5.03 Å². The van der Waals surface area contributed by atoms with Crippen molar-refractivity contribution in [3.05, 3.63) is 12.3 Å². The molecule has 0 aromatic carbocycles. The second-order valence-electron chi connectivity index (χ2n) is 5.50. The second kappa shape index (κ2) is 6.24. The van der Waals surface area contributed by atoms with Gasteiger partial charge in [-0.25, -0.2) is 8.42 Å². The van der Waals surface area contributed by atoms with Crippen LogP contribution in [-0.4, -0.2) is 46.3 Å². The normalized spacial score (nSPS) is 23.4. The minimum Gasteiger partial charge on any atom is -0.393 e. The van der Waals surface area contributed by atoms with E-state index in [9.17, 15) is 13.5 Å². The van der Waals surface area contributed by atoms with Crippen LogP contribution in [0.1, 0.15) is 39.0 Å². The summed E-state index contributed by atoms with van der Waals surface area (Å²) in [6.45, 7) is 2.23. The Morgan fingerprint density at radius 1 is 1.45 bits per heavy atom. The number of rotatable bonds is 4. The SMILES string of the molecule is CC(O)CC1CCCCCN1S(=O)(=O)c1ccnn1C. The highest BCUT2D eigenvalue weighted by molar-refractivity contribution is 7.89. The molecule has 114 valence electrons. The molecule has 1 fully saturated rings. The van der Waals surface area contributed by atoms with E-state index in [2.05, 4.69) is 5.10 Å². The van der Waals surface area contributed by atoms with Gasteiger partial charge in [0.2, 0.25) is 0 Å². The second-order valence-corrected chi connectivity index (χ2v) is 7.33. The van der Waals surface area contributed by atoms with Gasteiger partial charge in [0.25, 0.3) is 10.0 Å². The third-order valence-electron chi connectivity index (χ3n) is 3.79. The first kappa shape index (κ1) is 15.5. The molecule has 6 nitrogen and oxygen atoms in total. The summed E-state index contributed by atoms with van der Waals surface area (Å²) in [6.07, 6.45) is 5.20. The Morgan fingerprint density at radius 2 is 2.20 bits per heavy atom. The van der Waals surface area contributed by atoms with E-state index in [1.165, 1.54) is 16.9 Å². The van der Waals surface area contributed by atoms with Crippen LogP contribution >= 0.6 is 0 Å². The van der Waals surface area contributed by atoms with Gasteiger partial charge in [-0.1, -0.05) is 12.8 Å². The van der Waals surface area contributed by atoms with Crippen LogP contribution in [0.2, 0.25) is 0 Å². The van der Waals surface area contributed by atoms with Crippen molar-refractivity contribution in [2.45, 2.75) is 56.2 Å². The van der Waals surface area contributed by atoms with Gasteiger partial charge in [-0.2, -0.15) is 9.40 Å². The molecule has 1 aromatic rings. The number of aryl methyl sites for hydroxylation is 1. The summed E-state index contributed by atoms with van der Waals surface area (Å²) in [4.78, 5) is 0. The zero-order valence-corrected chi connectivity index (χ0v) is 12.9. The minimum atomic E-state index is -3.54. The highest BCUT2D eigenvalue weighted by Crippen LogP contribution is 2.26. The summed E-state index contributed by atoms with van der Waals surface area (Å²) in [7, 11) is -1.91. The van der Waals surface area contributed by atoms with E-state index in [0.29, 0.717) is 13.0 Å². The van der Waals surface area contributed by atoms with Gasteiger partial charge in [-0.3, -0.25) is 4.68 Å². The first-order valence-corrected chi connectivity index (χ1v) is 8.55. The van der Waals surface area contributed by atoms with Crippen molar-refractivity contribution in [3.63, 3.8) is 0 Å². The summed E-state index contributed by atoms with van der Waals surface area (Å²) < 4.78 is 28.5. The first-order valence-electron chi connectivity index (χ1n) is 7.11. The molecular formula is C13H23N3O3S. The largest absolute Gasteiger partial charge is 0.393 e. The van der Waals surface area contributed by atoms with E-state index in [1.807, 2.05) is 0 Å². The molecule has 0 radical (unpaired) electrons. The maximum absolute atomic E-state index is 12.8. The van der Waals surface area contributed by atoms with E-state index in [-0.39, 0.29) is 11.1 Å². The monoisotopic (exact) mass is 301 g/mol. The maximum atomic E-state index is 12.8. The van der Waals surface area contributed by atoms with Gasteiger partial charge in [-0.05, 0) is 32.3 Å². The summed E-state index contributed by atoms with van der Waals surface area (Å²) in [5.41, 5.74) is 0. The van der Waals surface area contributed by atoms with Crippen LogP contribution in [0.15, 0.2) is 17.3 Å². The molecule has 2 unspecified atom stereocenters. The lowest BCUT2D eigenvalue weighted by atomic mass is 10.1. The fourth-order valence-electron chi connectivity index (χ4n) is 2.83. The number of aliphatic hydroxyl groups is 1. The molecule has 20 heavy (non-hydrogen) atoms. The number of aromatic nitrogens is 2. The number of sulfonamides is 1. The van der Waals surface area contributed by atoms with E-state index >= 15 is 0 Å². The summed E-state index contributed by atoms with van der Waals surface area (Å²) in [5.74, 6) is 0. The highest BCUT2D eigenvalue weighted by atomic mass is 32.2. The van der Waals surface area contributed by atoms with Crippen molar-refractivity contribution in [3.8, 4) is 0 Å². The van der Waals surface area contributed by atoms with Crippen LogP contribution in [0.5, 0.6) is 0 Å². The molecule has 1 aliphatic heterocycles. The molecular weight excluding hydrogens is 278 g/mol. The zero-order valence-electron chi connectivity index (χ0n) is 12.1. The van der Waals surface area contributed by atoms with E-state index < -0.39 is 16.1 Å². The summed E-state index contributed by atoms with van der Waals surface area (Å²) >= 11 is 0. The number of nitrogens with zero attached hydrogens (tertiary/aromatic N) is 3. The lowest BCUT2D eigenvalue weighted by Gasteiger charge is -2.29. The number of hydrogen-bond donors (Lipinski definition) is 1. The lowest BCUT2D eigenvalue weighted by molar-refractivity contribution is 0.146. The Balaban J connectivity index is 2.32. The minimum absolute atomic E-state index is 0.127. The van der Waals surface area contributed by atoms with Gasteiger partial charge in [0.1, 0.15) is 0 Å². The van der Waals surface area contributed by atoms with Crippen LogP contribution in [-0.2, 0) is 17.1 Å². The third kappa shape index (κ3) is 3.21. The molecule has 0 spiro atoms. The van der Waals surface area contributed by atoms with Crippen molar-refractivity contribution in [2.24, 2.45) is 7.05 Å². The average molecular weight is 301 g/mol. The Labute approximate surface area is 120 Å². The molecule has 1 saturated heterocycles. The van der Waals surface area contributed by atoms with Crippen molar-refractivity contribution >= 4 is 10.0 Å². The van der Waals surface area contributed by atoms with Crippen molar-refractivity contribution < 1.29 is 13.5 Å². The van der Waals surface area contributed by atoms with Crippen molar-refractivity contribution in [1.82, 2.24) is 14.1 Å². The first-order chi connectivity index (χ1) is 9.43. The molecule has 0 aliphatic carbocycles. The van der Waals surface area contributed by atoms with Gasteiger partial charge in [0, 0.05) is 19.6 Å². The van der Waals surface area contributed by atoms with Gasteiger partial charge in [0.05, 0.1) is 12.3 Å². The highest BCUT2D eigenvalue weighted by Gasteiger charge is 2.34. The number of aliphatic hydroxyl groups excluding tert-OH is 1. The van der Waals surface area contributed by atoms with E-state index in [0.717, 1.165) is 25.7 Å².